The minimum atomic E-state index is 0.302. The van der Waals surface area contributed by atoms with Gasteiger partial charge in [-0.05, 0) is 37.2 Å². The largest absolute Gasteiger partial charge is 0.439 e. The average molecular weight is 242 g/mol. The maximum Gasteiger partial charge on any atom is 0.219 e. The Labute approximate surface area is 108 Å². The van der Waals surface area contributed by atoms with Crippen LogP contribution in [-0.4, -0.2) is 11.5 Å². The van der Waals surface area contributed by atoms with Gasteiger partial charge in [-0.2, -0.15) is 0 Å². The Hall–Kier alpha value is -1.87. The van der Waals surface area contributed by atoms with Crippen LogP contribution in [0.3, 0.4) is 0 Å². The molecule has 0 bridgehead atoms. The van der Waals surface area contributed by atoms with Crippen LogP contribution in [0, 0.1) is 0 Å². The number of hydrogen-bond donors (Lipinski definition) is 1. The lowest BCUT2D eigenvalue weighted by Crippen LogP contribution is -2.17. The van der Waals surface area contributed by atoms with E-state index in [9.17, 15) is 0 Å². The van der Waals surface area contributed by atoms with Crippen molar-refractivity contribution in [2.75, 3.05) is 6.54 Å². The van der Waals surface area contributed by atoms with Gasteiger partial charge in [0.05, 0.1) is 0 Å². The van der Waals surface area contributed by atoms with Gasteiger partial charge in [0.25, 0.3) is 0 Å². The highest BCUT2D eigenvalue weighted by Gasteiger charge is 2.06. The van der Waals surface area contributed by atoms with E-state index >= 15 is 0 Å². The van der Waals surface area contributed by atoms with E-state index in [2.05, 4.69) is 24.1 Å². The zero-order valence-electron chi connectivity index (χ0n) is 10.8. The summed E-state index contributed by atoms with van der Waals surface area (Å²) >= 11 is 0. The fraction of sp³-hybridized carbons (Fsp3) is 0.267. The first-order valence-corrected chi connectivity index (χ1v) is 6.22. The van der Waals surface area contributed by atoms with E-state index < -0.39 is 0 Å². The maximum absolute atomic E-state index is 5.71. The first-order valence-electron chi connectivity index (χ1n) is 6.22. The van der Waals surface area contributed by atoms with E-state index in [1.54, 1.807) is 6.20 Å². The van der Waals surface area contributed by atoms with Crippen LogP contribution in [0.4, 0.5) is 0 Å². The lowest BCUT2D eigenvalue weighted by molar-refractivity contribution is 0.460. The van der Waals surface area contributed by atoms with Crippen LogP contribution in [0.2, 0.25) is 0 Å². The lowest BCUT2D eigenvalue weighted by Gasteiger charge is -2.13. The Morgan fingerprint density at radius 2 is 2.00 bits per heavy atom. The molecule has 0 saturated carbocycles. The zero-order valence-corrected chi connectivity index (χ0v) is 10.8. The SMILES string of the molecule is CCNC(C)c1ccnc(Oc2ccccc2)c1. The van der Waals surface area contributed by atoms with Crippen molar-refractivity contribution in [3.8, 4) is 11.6 Å². The highest BCUT2D eigenvalue weighted by molar-refractivity contribution is 5.29. The summed E-state index contributed by atoms with van der Waals surface area (Å²) in [6, 6.07) is 14.0. The molecule has 94 valence electrons. The molecule has 1 unspecified atom stereocenters. The van der Waals surface area contributed by atoms with E-state index in [-0.39, 0.29) is 0 Å². The van der Waals surface area contributed by atoms with Crippen molar-refractivity contribution in [1.82, 2.24) is 10.3 Å². The predicted octanol–water partition coefficient (Wildman–Crippen LogP) is 3.54. The number of rotatable bonds is 5. The Morgan fingerprint density at radius 1 is 1.22 bits per heavy atom. The van der Waals surface area contributed by atoms with Crippen molar-refractivity contribution in [1.29, 1.82) is 0 Å². The Kier molecular flexibility index (Phi) is 4.31. The van der Waals surface area contributed by atoms with Crippen molar-refractivity contribution in [2.24, 2.45) is 0 Å². The smallest absolute Gasteiger partial charge is 0.219 e. The van der Waals surface area contributed by atoms with E-state index in [4.69, 9.17) is 4.74 Å². The lowest BCUT2D eigenvalue weighted by atomic mass is 10.1. The highest BCUT2D eigenvalue weighted by atomic mass is 16.5. The third kappa shape index (κ3) is 3.31. The third-order valence-corrected chi connectivity index (χ3v) is 2.73. The van der Waals surface area contributed by atoms with Crippen molar-refractivity contribution in [3.63, 3.8) is 0 Å². The first kappa shape index (κ1) is 12.6. The summed E-state index contributed by atoms with van der Waals surface area (Å²) < 4.78 is 5.71. The maximum atomic E-state index is 5.71. The number of aromatic nitrogens is 1. The van der Waals surface area contributed by atoms with Crippen LogP contribution in [0.1, 0.15) is 25.5 Å². The summed E-state index contributed by atoms with van der Waals surface area (Å²) in [4.78, 5) is 4.23. The van der Waals surface area contributed by atoms with E-state index in [0.29, 0.717) is 11.9 Å². The molecule has 1 heterocycles. The van der Waals surface area contributed by atoms with Gasteiger partial charge in [-0.3, -0.25) is 0 Å². The molecule has 2 aromatic rings. The molecule has 1 atom stereocenters. The molecule has 3 heteroatoms. The molecular formula is C15H18N2O. The van der Waals surface area contributed by atoms with E-state index in [0.717, 1.165) is 12.3 Å². The normalized spacial score (nSPS) is 12.1. The third-order valence-electron chi connectivity index (χ3n) is 2.73. The Balaban J connectivity index is 2.12. The van der Waals surface area contributed by atoms with Gasteiger partial charge < -0.3 is 10.1 Å². The molecule has 1 aromatic heterocycles. The molecule has 0 aliphatic carbocycles. The number of nitrogens with zero attached hydrogens (tertiary/aromatic N) is 1. The van der Waals surface area contributed by atoms with Crippen LogP contribution in [0.25, 0.3) is 0 Å². The predicted molar refractivity (Wildman–Crippen MR) is 72.8 cm³/mol. The van der Waals surface area contributed by atoms with Gasteiger partial charge >= 0.3 is 0 Å². The van der Waals surface area contributed by atoms with Crippen molar-refractivity contribution >= 4 is 0 Å². The second kappa shape index (κ2) is 6.17. The van der Waals surface area contributed by atoms with Crippen LogP contribution in [0.5, 0.6) is 11.6 Å². The number of benzene rings is 1. The second-order valence-electron chi connectivity index (χ2n) is 4.12. The first-order chi connectivity index (χ1) is 8.79. The zero-order chi connectivity index (χ0) is 12.8. The summed E-state index contributed by atoms with van der Waals surface area (Å²) in [6.45, 7) is 5.17. The molecule has 0 saturated heterocycles. The summed E-state index contributed by atoms with van der Waals surface area (Å²) in [7, 11) is 0. The molecule has 0 aliphatic rings. The van der Waals surface area contributed by atoms with Gasteiger partial charge in [-0.1, -0.05) is 25.1 Å². The Morgan fingerprint density at radius 3 is 2.72 bits per heavy atom. The van der Waals surface area contributed by atoms with Crippen LogP contribution in [0.15, 0.2) is 48.7 Å². The summed E-state index contributed by atoms with van der Waals surface area (Å²) in [5, 5.41) is 3.37. The number of ether oxygens (including phenoxy) is 1. The Bertz CT molecular complexity index is 485. The molecule has 2 rings (SSSR count). The molecule has 0 spiro atoms. The van der Waals surface area contributed by atoms with E-state index in [1.165, 1.54) is 5.56 Å². The minimum absolute atomic E-state index is 0.302. The molecule has 0 radical (unpaired) electrons. The molecule has 0 fully saturated rings. The van der Waals surface area contributed by atoms with Gasteiger partial charge in [0, 0.05) is 18.3 Å². The topological polar surface area (TPSA) is 34.2 Å². The quantitative estimate of drug-likeness (QED) is 0.870. The molecular weight excluding hydrogens is 224 g/mol. The molecule has 18 heavy (non-hydrogen) atoms. The molecule has 1 aromatic carbocycles. The van der Waals surface area contributed by atoms with Gasteiger partial charge in [0.1, 0.15) is 5.75 Å². The van der Waals surface area contributed by atoms with Crippen LogP contribution >= 0.6 is 0 Å². The molecule has 0 aliphatic heterocycles. The van der Waals surface area contributed by atoms with Crippen molar-refractivity contribution in [3.05, 3.63) is 54.2 Å². The number of nitrogens with one attached hydrogen (secondary N) is 1. The summed E-state index contributed by atoms with van der Waals surface area (Å²) in [6.07, 6.45) is 1.78. The summed E-state index contributed by atoms with van der Waals surface area (Å²) in [5.41, 5.74) is 1.18. The minimum Gasteiger partial charge on any atom is -0.439 e. The van der Waals surface area contributed by atoms with E-state index in [1.807, 2.05) is 42.5 Å². The van der Waals surface area contributed by atoms with Crippen molar-refractivity contribution in [2.45, 2.75) is 19.9 Å². The highest BCUT2D eigenvalue weighted by Crippen LogP contribution is 2.21. The van der Waals surface area contributed by atoms with Gasteiger partial charge in [-0.15, -0.1) is 0 Å². The molecule has 1 N–H and O–H groups in total. The van der Waals surface area contributed by atoms with Crippen LogP contribution < -0.4 is 10.1 Å². The van der Waals surface area contributed by atoms with Crippen molar-refractivity contribution < 1.29 is 4.74 Å². The van der Waals surface area contributed by atoms with Gasteiger partial charge in [0.15, 0.2) is 0 Å². The second-order valence-corrected chi connectivity index (χ2v) is 4.12. The number of hydrogen-bond acceptors (Lipinski definition) is 3. The fourth-order valence-electron chi connectivity index (χ4n) is 1.78. The van der Waals surface area contributed by atoms with Crippen LogP contribution in [-0.2, 0) is 0 Å². The van der Waals surface area contributed by atoms with Gasteiger partial charge in [-0.25, -0.2) is 4.98 Å². The summed E-state index contributed by atoms with van der Waals surface area (Å²) in [5.74, 6) is 1.43. The monoisotopic (exact) mass is 242 g/mol. The average Bonchev–Trinajstić information content (AvgIpc) is 2.40. The number of pyridine rings is 1. The molecule has 0 amide bonds. The van der Waals surface area contributed by atoms with Gasteiger partial charge in [0.2, 0.25) is 5.88 Å². The molecule has 3 nitrogen and oxygen atoms in total. The fourth-order valence-corrected chi connectivity index (χ4v) is 1.78. The standard InChI is InChI=1S/C15H18N2O/c1-3-16-12(2)13-9-10-17-15(11-13)18-14-7-5-4-6-8-14/h4-12,16H,3H2,1-2H3. The number of para-hydroxylation sites is 1.